The predicted molar refractivity (Wildman–Crippen MR) is 135 cm³/mol. The van der Waals surface area contributed by atoms with Crippen LogP contribution in [0, 0.1) is 0 Å². The monoisotopic (exact) mass is 468 g/mol. The second kappa shape index (κ2) is 8.99. The molecule has 178 valence electrons. The number of aryl methyl sites for hydroxylation is 1. The maximum atomic E-state index is 10.7. The van der Waals surface area contributed by atoms with Crippen LogP contribution in [-0.4, -0.2) is 60.6 Å². The first-order chi connectivity index (χ1) is 17.2. The van der Waals surface area contributed by atoms with Gasteiger partial charge in [0.1, 0.15) is 23.8 Å². The number of pyridine rings is 1. The van der Waals surface area contributed by atoms with Crippen molar-refractivity contribution in [3.63, 3.8) is 0 Å². The van der Waals surface area contributed by atoms with Crippen LogP contribution in [0.1, 0.15) is 24.5 Å². The van der Waals surface area contributed by atoms with E-state index in [-0.39, 0.29) is 0 Å². The van der Waals surface area contributed by atoms with Gasteiger partial charge in [0.05, 0.1) is 6.20 Å². The lowest BCUT2D eigenvalue weighted by molar-refractivity contribution is 0.218. The maximum Gasteiger partial charge on any atom is 0.156 e. The Morgan fingerprint density at radius 3 is 2.49 bits per heavy atom. The van der Waals surface area contributed by atoms with Gasteiger partial charge in [-0.3, -0.25) is 4.68 Å². The molecular weight excluding hydrogens is 440 g/mol. The first kappa shape index (κ1) is 21.5. The zero-order chi connectivity index (χ0) is 23.8. The van der Waals surface area contributed by atoms with Crippen LogP contribution in [-0.2, 0) is 7.05 Å². The Morgan fingerprint density at radius 2 is 1.77 bits per heavy atom. The van der Waals surface area contributed by atoms with Crippen molar-refractivity contribution in [3.8, 4) is 11.1 Å². The van der Waals surface area contributed by atoms with Crippen molar-refractivity contribution in [1.29, 1.82) is 0 Å². The smallest absolute Gasteiger partial charge is 0.156 e. The summed E-state index contributed by atoms with van der Waals surface area (Å²) >= 11 is 0. The summed E-state index contributed by atoms with van der Waals surface area (Å²) < 4.78 is 3.69. The second-order valence-corrected chi connectivity index (χ2v) is 9.06. The zero-order valence-electron chi connectivity index (χ0n) is 19.7. The van der Waals surface area contributed by atoms with Crippen LogP contribution in [0.15, 0.2) is 73.1 Å². The van der Waals surface area contributed by atoms with Gasteiger partial charge in [0.25, 0.3) is 0 Å². The number of anilines is 2. The number of allylic oxidation sites excluding steroid dienone is 2. The quantitative estimate of drug-likeness (QED) is 0.481. The van der Waals surface area contributed by atoms with Crippen LogP contribution in [0.25, 0.3) is 16.6 Å². The van der Waals surface area contributed by atoms with E-state index in [0.717, 1.165) is 78.4 Å². The third-order valence-electron chi connectivity index (χ3n) is 6.75. The summed E-state index contributed by atoms with van der Waals surface area (Å²) in [6.45, 7) is 3.36. The van der Waals surface area contributed by atoms with Crippen LogP contribution in [0.2, 0.25) is 0 Å². The Labute approximate surface area is 203 Å². The molecule has 1 aliphatic heterocycles. The maximum absolute atomic E-state index is 10.7. The van der Waals surface area contributed by atoms with E-state index in [2.05, 4.69) is 48.2 Å². The van der Waals surface area contributed by atoms with Gasteiger partial charge in [0.2, 0.25) is 0 Å². The second-order valence-electron chi connectivity index (χ2n) is 9.06. The van der Waals surface area contributed by atoms with Gasteiger partial charge in [-0.15, -0.1) is 0 Å². The summed E-state index contributed by atoms with van der Waals surface area (Å²) in [5.41, 5.74) is 4.90. The van der Waals surface area contributed by atoms with Crippen molar-refractivity contribution in [2.24, 2.45) is 7.05 Å². The molecule has 0 bridgehead atoms. The fourth-order valence-corrected chi connectivity index (χ4v) is 4.81. The highest BCUT2D eigenvalue weighted by Gasteiger charge is 2.22. The van der Waals surface area contributed by atoms with E-state index in [1.54, 1.807) is 17.2 Å². The molecule has 9 heteroatoms. The highest BCUT2D eigenvalue weighted by molar-refractivity contribution is 5.77. The number of aliphatic hydroxyl groups excluding tert-OH is 1. The van der Waals surface area contributed by atoms with Crippen LogP contribution >= 0.6 is 0 Å². The van der Waals surface area contributed by atoms with Crippen molar-refractivity contribution < 1.29 is 5.11 Å². The van der Waals surface area contributed by atoms with Gasteiger partial charge in [-0.05, 0) is 30.5 Å². The number of hydrogen-bond donors (Lipinski definition) is 1. The van der Waals surface area contributed by atoms with Crippen molar-refractivity contribution in [3.05, 3.63) is 78.7 Å². The molecule has 0 radical (unpaired) electrons. The molecule has 1 atom stereocenters. The third-order valence-corrected chi connectivity index (χ3v) is 6.75. The Morgan fingerprint density at radius 1 is 0.914 bits per heavy atom. The van der Waals surface area contributed by atoms with E-state index in [4.69, 9.17) is 0 Å². The number of aliphatic hydroxyl groups is 1. The number of piperazine rings is 1. The Kier molecular flexibility index (Phi) is 5.54. The molecule has 6 rings (SSSR count). The molecular formula is C26H28N8O. The minimum absolute atomic E-state index is 0.622. The molecule has 4 aromatic heterocycles. The van der Waals surface area contributed by atoms with Crippen LogP contribution in [0.3, 0.4) is 0 Å². The van der Waals surface area contributed by atoms with Crippen LogP contribution < -0.4 is 9.80 Å². The fourth-order valence-electron chi connectivity index (χ4n) is 4.81. The van der Waals surface area contributed by atoms with Crippen molar-refractivity contribution >= 4 is 17.2 Å². The third kappa shape index (κ3) is 4.19. The Bertz CT molecular complexity index is 1390. The van der Waals surface area contributed by atoms with Crippen molar-refractivity contribution in [1.82, 2.24) is 29.4 Å². The van der Waals surface area contributed by atoms with Crippen LogP contribution in [0.5, 0.6) is 0 Å². The molecule has 1 unspecified atom stereocenters. The van der Waals surface area contributed by atoms with Gasteiger partial charge in [-0.1, -0.05) is 24.3 Å². The first-order valence-electron chi connectivity index (χ1n) is 12.0. The number of aromatic nitrogens is 6. The summed E-state index contributed by atoms with van der Waals surface area (Å²) in [4.78, 5) is 13.9. The lowest BCUT2D eigenvalue weighted by Crippen LogP contribution is -2.47. The van der Waals surface area contributed by atoms with E-state index < -0.39 is 6.10 Å². The van der Waals surface area contributed by atoms with E-state index in [0.29, 0.717) is 0 Å². The normalized spacial score (nSPS) is 17.1. The molecule has 9 nitrogen and oxygen atoms in total. The van der Waals surface area contributed by atoms with Gasteiger partial charge in [0, 0.05) is 68.5 Å². The van der Waals surface area contributed by atoms with E-state index in [9.17, 15) is 5.11 Å². The zero-order valence-corrected chi connectivity index (χ0v) is 19.7. The van der Waals surface area contributed by atoms with Gasteiger partial charge >= 0.3 is 0 Å². The summed E-state index contributed by atoms with van der Waals surface area (Å²) in [5, 5.41) is 19.4. The molecule has 35 heavy (non-hydrogen) atoms. The molecule has 0 amide bonds. The number of nitrogens with zero attached hydrogens (tertiary/aromatic N) is 8. The standard InChI is InChI=1S/C26H28N8O/c1-31-16-22(15-29-31)21-13-23-26(28-18-30-34(23)17-21)33-11-9-32(10-12-33)24-8-7-20(14-27-24)25(35)19-5-3-2-4-6-19/h3,5-8,13-18,25,35H,2,4,9-12H2,1H3. The Balaban J connectivity index is 1.15. The van der Waals surface area contributed by atoms with Gasteiger partial charge < -0.3 is 14.9 Å². The summed E-state index contributed by atoms with van der Waals surface area (Å²) in [7, 11) is 1.92. The number of rotatable bonds is 5. The first-order valence-corrected chi connectivity index (χ1v) is 12.0. The van der Waals surface area contributed by atoms with Crippen LogP contribution in [0.4, 0.5) is 11.6 Å². The lowest BCUT2D eigenvalue weighted by Gasteiger charge is -2.36. The molecule has 1 saturated heterocycles. The lowest BCUT2D eigenvalue weighted by atomic mass is 9.98. The molecule has 4 aromatic rings. The molecule has 1 fully saturated rings. The highest BCUT2D eigenvalue weighted by atomic mass is 16.3. The van der Waals surface area contributed by atoms with E-state index in [1.165, 1.54) is 0 Å². The van der Waals surface area contributed by atoms with Gasteiger partial charge in [-0.2, -0.15) is 10.2 Å². The van der Waals surface area contributed by atoms with Crippen molar-refractivity contribution in [2.45, 2.75) is 18.9 Å². The summed E-state index contributed by atoms with van der Waals surface area (Å²) in [6.07, 6.45) is 16.9. The average Bonchev–Trinajstić information content (AvgIpc) is 3.55. The SMILES string of the molecule is Cn1cc(-c2cc3c(N4CCN(c5ccc(C(O)C6=CCCC=C6)cn5)CC4)ncnn3c2)cn1. The predicted octanol–water partition coefficient (Wildman–Crippen LogP) is 3.16. The minimum atomic E-state index is -0.622. The van der Waals surface area contributed by atoms with Gasteiger partial charge in [0.15, 0.2) is 5.82 Å². The summed E-state index contributed by atoms with van der Waals surface area (Å²) in [6, 6.07) is 6.12. The topological polar surface area (TPSA) is 87.6 Å². The average molecular weight is 469 g/mol. The molecule has 5 heterocycles. The molecule has 0 saturated carbocycles. The molecule has 0 spiro atoms. The number of hydrogen-bond acceptors (Lipinski definition) is 7. The molecule has 2 aliphatic rings. The largest absolute Gasteiger partial charge is 0.384 e. The van der Waals surface area contributed by atoms with E-state index >= 15 is 0 Å². The number of fused-ring (bicyclic) bond motifs is 1. The highest BCUT2D eigenvalue weighted by Crippen LogP contribution is 2.29. The molecule has 1 N–H and O–H groups in total. The van der Waals surface area contributed by atoms with Crippen molar-refractivity contribution in [2.75, 3.05) is 36.0 Å². The Hall–Kier alpha value is -3.98. The molecule has 1 aliphatic carbocycles. The summed E-state index contributed by atoms with van der Waals surface area (Å²) in [5.74, 6) is 1.87. The minimum Gasteiger partial charge on any atom is -0.384 e. The van der Waals surface area contributed by atoms with E-state index in [1.807, 2.05) is 48.4 Å². The van der Waals surface area contributed by atoms with Gasteiger partial charge in [-0.25, -0.2) is 14.5 Å². The molecule has 0 aromatic carbocycles. The fraction of sp³-hybridized carbons (Fsp3) is 0.308.